The van der Waals surface area contributed by atoms with E-state index in [2.05, 4.69) is 0 Å². The van der Waals surface area contributed by atoms with Gasteiger partial charge in [-0.05, 0) is 0 Å². The number of hydroxylamine groups is 2. The SMILES string of the molecule is CN(C)O.Cl.N. The van der Waals surface area contributed by atoms with Crippen molar-refractivity contribution in [3.63, 3.8) is 0 Å². The van der Waals surface area contributed by atoms with E-state index in [-0.39, 0.29) is 18.6 Å². The van der Waals surface area contributed by atoms with Gasteiger partial charge >= 0.3 is 0 Å². The molecule has 0 rings (SSSR count). The molecule has 0 saturated carbocycles. The molecule has 0 radical (unpaired) electrons. The summed E-state index contributed by atoms with van der Waals surface area (Å²) in [4.78, 5) is 0. The molecule has 0 heterocycles. The van der Waals surface area contributed by atoms with Crippen molar-refractivity contribution in [2.45, 2.75) is 0 Å². The second kappa shape index (κ2) is 8.95. The first-order valence-electron chi connectivity index (χ1n) is 1.09. The fourth-order valence-electron chi connectivity index (χ4n) is 0. The number of rotatable bonds is 0. The molecule has 0 spiro atoms. The van der Waals surface area contributed by atoms with E-state index >= 15 is 0 Å². The molecule has 4 N–H and O–H groups in total. The van der Waals surface area contributed by atoms with Gasteiger partial charge in [0.15, 0.2) is 0 Å². The average Bonchev–Trinajstić information content (AvgIpc) is 0.811. The molecular weight excluding hydrogens is 103 g/mol. The van der Waals surface area contributed by atoms with Crippen molar-refractivity contribution in [3.8, 4) is 0 Å². The highest BCUT2D eigenvalue weighted by Gasteiger charge is 1.59. The Morgan fingerprint density at radius 3 is 1.33 bits per heavy atom. The Morgan fingerprint density at radius 2 is 1.33 bits per heavy atom. The topological polar surface area (TPSA) is 58.5 Å². The van der Waals surface area contributed by atoms with Crippen LogP contribution >= 0.6 is 12.4 Å². The third-order valence-electron chi connectivity index (χ3n) is 0. The van der Waals surface area contributed by atoms with Crippen molar-refractivity contribution in [1.29, 1.82) is 0 Å². The predicted octanol–water partition coefficient (Wildman–Crippen LogP) is 0.521. The van der Waals surface area contributed by atoms with Gasteiger partial charge in [0.2, 0.25) is 0 Å². The molecule has 0 amide bonds. The molecule has 0 aliphatic rings. The summed E-state index contributed by atoms with van der Waals surface area (Å²) >= 11 is 0. The monoisotopic (exact) mass is 114 g/mol. The summed E-state index contributed by atoms with van der Waals surface area (Å²) < 4.78 is 0. The molecule has 0 aromatic heterocycles. The minimum atomic E-state index is 0. The van der Waals surface area contributed by atoms with Crippen molar-refractivity contribution >= 4 is 12.4 Å². The first kappa shape index (κ1) is 16.4. The molecule has 6 heavy (non-hydrogen) atoms. The highest BCUT2D eigenvalue weighted by Crippen LogP contribution is 1.46. The Hall–Kier alpha value is 0.170. The highest BCUT2D eigenvalue weighted by molar-refractivity contribution is 5.85. The van der Waals surface area contributed by atoms with E-state index in [0.717, 1.165) is 5.06 Å². The summed E-state index contributed by atoms with van der Waals surface area (Å²) in [6.45, 7) is 0. The summed E-state index contributed by atoms with van der Waals surface area (Å²) in [6.07, 6.45) is 0. The van der Waals surface area contributed by atoms with Crippen LogP contribution in [0.25, 0.3) is 0 Å². The Morgan fingerprint density at radius 1 is 1.33 bits per heavy atom. The van der Waals surface area contributed by atoms with Crippen LogP contribution in [-0.4, -0.2) is 24.4 Å². The Labute approximate surface area is 43.9 Å². The lowest BCUT2D eigenvalue weighted by atomic mass is 11.2. The Kier molecular flexibility index (Phi) is 24.5. The van der Waals surface area contributed by atoms with Gasteiger partial charge in [-0.25, -0.2) is 0 Å². The number of halogens is 1. The first-order valence-corrected chi connectivity index (χ1v) is 1.09. The standard InChI is InChI=1S/C2H7NO.ClH.H3N/c1-3(2)4;;/h4H,1-2H3;1H;1H3. The van der Waals surface area contributed by atoms with Crippen LogP contribution in [0.5, 0.6) is 0 Å². The van der Waals surface area contributed by atoms with Gasteiger partial charge in [0.1, 0.15) is 0 Å². The second-order valence-corrected chi connectivity index (χ2v) is 0.847. The molecule has 0 saturated heterocycles. The lowest BCUT2D eigenvalue weighted by Crippen LogP contribution is -2.01. The lowest BCUT2D eigenvalue weighted by molar-refractivity contribution is -0.0372. The van der Waals surface area contributed by atoms with E-state index < -0.39 is 0 Å². The van der Waals surface area contributed by atoms with Crippen LogP contribution < -0.4 is 6.15 Å². The predicted molar refractivity (Wildman–Crippen MR) is 27.7 cm³/mol. The van der Waals surface area contributed by atoms with Crippen LogP contribution in [0, 0.1) is 0 Å². The molecule has 0 bridgehead atoms. The van der Waals surface area contributed by atoms with Crippen LogP contribution in [-0.2, 0) is 0 Å². The van der Waals surface area contributed by atoms with Crippen LogP contribution in [0.4, 0.5) is 0 Å². The van der Waals surface area contributed by atoms with E-state index in [4.69, 9.17) is 5.21 Å². The van der Waals surface area contributed by atoms with E-state index in [0.29, 0.717) is 0 Å². The van der Waals surface area contributed by atoms with Crippen LogP contribution in [0.15, 0.2) is 0 Å². The van der Waals surface area contributed by atoms with E-state index in [1.54, 1.807) is 14.1 Å². The number of hydrogen-bond acceptors (Lipinski definition) is 3. The molecule has 0 atom stereocenters. The van der Waals surface area contributed by atoms with Crippen molar-refractivity contribution in [3.05, 3.63) is 0 Å². The zero-order valence-electron chi connectivity index (χ0n) is 4.01. The molecule has 3 nitrogen and oxygen atoms in total. The molecule has 0 aromatic carbocycles. The van der Waals surface area contributed by atoms with Crippen molar-refractivity contribution in [2.24, 2.45) is 0 Å². The largest absolute Gasteiger partial charge is 0.344 e. The fraction of sp³-hybridized carbons (Fsp3) is 1.00. The van der Waals surface area contributed by atoms with Crippen molar-refractivity contribution < 1.29 is 5.21 Å². The molecule has 0 aromatic rings. The van der Waals surface area contributed by atoms with Gasteiger partial charge in [0.05, 0.1) is 0 Å². The average molecular weight is 115 g/mol. The molecular formula is C2H11ClN2O. The van der Waals surface area contributed by atoms with Crippen LogP contribution in [0.2, 0.25) is 0 Å². The Balaban J connectivity index is -0.0000000450. The summed E-state index contributed by atoms with van der Waals surface area (Å²) in [5.74, 6) is 0. The third kappa shape index (κ3) is 1450. The van der Waals surface area contributed by atoms with Crippen LogP contribution in [0.3, 0.4) is 0 Å². The summed E-state index contributed by atoms with van der Waals surface area (Å²) in [6, 6.07) is 0. The molecule has 0 aliphatic heterocycles. The molecule has 0 aliphatic carbocycles. The van der Waals surface area contributed by atoms with Gasteiger partial charge in [-0.15, -0.1) is 12.4 Å². The maximum atomic E-state index is 7.89. The van der Waals surface area contributed by atoms with Gasteiger partial charge in [0, 0.05) is 14.1 Å². The smallest absolute Gasteiger partial charge is 0.0121 e. The summed E-state index contributed by atoms with van der Waals surface area (Å²) in [7, 11) is 3.11. The first-order chi connectivity index (χ1) is 1.73. The van der Waals surface area contributed by atoms with E-state index in [9.17, 15) is 0 Å². The summed E-state index contributed by atoms with van der Waals surface area (Å²) in [5.41, 5.74) is 0. The van der Waals surface area contributed by atoms with Crippen LogP contribution in [0.1, 0.15) is 0 Å². The zero-order chi connectivity index (χ0) is 3.58. The minimum Gasteiger partial charge on any atom is -0.344 e. The Bertz CT molecular complexity index is 16.3. The molecule has 0 unspecified atom stereocenters. The van der Waals surface area contributed by atoms with Gasteiger partial charge in [-0.3, -0.25) is 0 Å². The van der Waals surface area contributed by atoms with Gasteiger partial charge in [-0.1, -0.05) is 0 Å². The second-order valence-electron chi connectivity index (χ2n) is 0.847. The van der Waals surface area contributed by atoms with Crippen molar-refractivity contribution in [1.82, 2.24) is 11.2 Å². The molecule has 42 valence electrons. The molecule has 0 fully saturated rings. The maximum absolute atomic E-state index is 7.89. The van der Waals surface area contributed by atoms with E-state index in [1.165, 1.54) is 0 Å². The number of nitrogens with zero attached hydrogens (tertiary/aromatic N) is 1. The number of hydrogen-bond donors (Lipinski definition) is 2. The minimum absolute atomic E-state index is 0. The fourth-order valence-corrected chi connectivity index (χ4v) is 0. The maximum Gasteiger partial charge on any atom is 0.0121 e. The third-order valence-corrected chi connectivity index (χ3v) is 0. The quantitative estimate of drug-likeness (QED) is 0.452. The molecule has 4 heteroatoms. The zero-order valence-corrected chi connectivity index (χ0v) is 4.83. The van der Waals surface area contributed by atoms with Crippen molar-refractivity contribution in [2.75, 3.05) is 14.1 Å². The normalized spacial score (nSPS) is 6.00. The highest BCUT2D eigenvalue weighted by atomic mass is 35.5. The van der Waals surface area contributed by atoms with Gasteiger partial charge in [0.25, 0.3) is 0 Å². The lowest BCUT2D eigenvalue weighted by Gasteiger charge is -1.89. The van der Waals surface area contributed by atoms with Gasteiger partial charge < -0.3 is 11.4 Å². The van der Waals surface area contributed by atoms with E-state index in [1.807, 2.05) is 0 Å². The summed E-state index contributed by atoms with van der Waals surface area (Å²) in [5, 5.41) is 8.89. The van der Waals surface area contributed by atoms with Gasteiger partial charge in [-0.2, -0.15) is 5.06 Å².